The van der Waals surface area contributed by atoms with E-state index in [1.54, 1.807) is 11.0 Å². The van der Waals surface area contributed by atoms with Gasteiger partial charge in [-0.3, -0.25) is 4.79 Å². The Morgan fingerprint density at radius 2 is 1.88 bits per heavy atom. The monoisotopic (exact) mass is 346 g/mol. The van der Waals surface area contributed by atoms with Crippen LogP contribution < -0.4 is 5.73 Å². The molecule has 0 spiro atoms. The third-order valence-corrected chi connectivity index (χ3v) is 3.75. The molecule has 0 radical (unpaired) electrons. The summed E-state index contributed by atoms with van der Waals surface area (Å²) in [5, 5.41) is 0.431. The van der Waals surface area contributed by atoms with Crippen LogP contribution in [-0.4, -0.2) is 29.9 Å². The summed E-state index contributed by atoms with van der Waals surface area (Å²) in [6.07, 6.45) is 0. The second kappa shape index (κ2) is 8.36. The Morgan fingerprint density at radius 1 is 1.17 bits per heavy atom. The second-order valence-corrected chi connectivity index (χ2v) is 5.64. The highest BCUT2D eigenvalue weighted by Gasteiger charge is 2.17. The van der Waals surface area contributed by atoms with Crippen LogP contribution in [0.25, 0.3) is 0 Å². The molecular formula is C18H19ClN2O3. The van der Waals surface area contributed by atoms with E-state index in [-0.39, 0.29) is 23.8 Å². The number of likely N-dealkylation sites (N-methyl/N-ethyl adjacent to an activating group) is 1. The number of ether oxygens (including phenoxy) is 1. The fraction of sp³-hybridized carbons (Fsp3) is 0.222. The van der Waals surface area contributed by atoms with Crippen LogP contribution in [-0.2, 0) is 16.1 Å². The van der Waals surface area contributed by atoms with Gasteiger partial charge >= 0.3 is 5.97 Å². The molecule has 126 valence electrons. The predicted molar refractivity (Wildman–Crippen MR) is 93.7 cm³/mol. The van der Waals surface area contributed by atoms with Gasteiger partial charge in [-0.15, -0.1) is 0 Å². The van der Waals surface area contributed by atoms with E-state index < -0.39 is 5.97 Å². The maximum atomic E-state index is 12.2. The summed E-state index contributed by atoms with van der Waals surface area (Å²) in [6.45, 7) is 2.53. The molecular weight excluding hydrogens is 328 g/mol. The molecule has 0 aliphatic rings. The maximum Gasteiger partial charge on any atom is 0.340 e. The molecule has 0 heterocycles. The number of carbonyl (C=O) groups is 2. The van der Waals surface area contributed by atoms with Gasteiger partial charge in [0.15, 0.2) is 6.61 Å². The molecule has 0 saturated carbocycles. The SMILES string of the molecule is CCN(Cc1ccccc1)C(=O)COC(=O)c1ccc(Cl)cc1N. The molecule has 0 unspecified atom stereocenters. The van der Waals surface area contributed by atoms with Crippen molar-refractivity contribution in [1.82, 2.24) is 4.90 Å². The summed E-state index contributed by atoms with van der Waals surface area (Å²) in [6, 6.07) is 14.1. The lowest BCUT2D eigenvalue weighted by molar-refractivity contribution is -0.134. The van der Waals surface area contributed by atoms with Crippen molar-refractivity contribution in [1.29, 1.82) is 0 Å². The molecule has 2 N–H and O–H groups in total. The number of esters is 1. The molecule has 0 fully saturated rings. The van der Waals surface area contributed by atoms with Gasteiger partial charge in [0.05, 0.1) is 5.56 Å². The van der Waals surface area contributed by atoms with Crippen LogP contribution in [0.1, 0.15) is 22.8 Å². The number of hydrogen-bond donors (Lipinski definition) is 1. The number of hydrogen-bond acceptors (Lipinski definition) is 4. The second-order valence-electron chi connectivity index (χ2n) is 5.20. The quantitative estimate of drug-likeness (QED) is 0.644. The van der Waals surface area contributed by atoms with E-state index in [1.807, 2.05) is 37.3 Å². The number of nitrogens with zero attached hydrogens (tertiary/aromatic N) is 1. The maximum absolute atomic E-state index is 12.2. The highest BCUT2D eigenvalue weighted by atomic mass is 35.5. The lowest BCUT2D eigenvalue weighted by Gasteiger charge is -2.21. The van der Waals surface area contributed by atoms with Crippen molar-refractivity contribution in [2.45, 2.75) is 13.5 Å². The van der Waals surface area contributed by atoms with E-state index in [2.05, 4.69) is 0 Å². The molecule has 5 nitrogen and oxygen atoms in total. The largest absolute Gasteiger partial charge is 0.452 e. The highest BCUT2D eigenvalue weighted by molar-refractivity contribution is 6.31. The first-order valence-corrected chi connectivity index (χ1v) is 7.93. The van der Waals surface area contributed by atoms with Gasteiger partial charge in [-0.05, 0) is 30.7 Å². The number of rotatable bonds is 6. The first-order valence-electron chi connectivity index (χ1n) is 7.55. The van der Waals surface area contributed by atoms with Gasteiger partial charge in [-0.1, -0.05) is 41.9 Å². The molecule has 2 rings (SSSR count). The topological polar surface area (TPSA) is 72.6 Å². The summed E-state index contributed by atoms with van der Waals surface area (Å²) in [4.78, 5) is 25.9. The first-order chi connectivity index (χ1) is 11.5. The van der Waals surface area contributed by atoms with E-state index in [9.17, 15) is 9.59 Å². The van der Waals surface area contributed by atoms with Crippen molar-refractivity contribution in [2.24, 2.45) is 0 Å². The number of nitrogens with two attached hydrogens (primary N) is 1. The molecule has 0 aromatic heterocycles. The van der Waals surface area contributed by atoms with E-state index in [1.165, 1.54) is 12.1 Å². The fourth-order valence-electron chi connectivity index (χ4n) is 2.20. The van der Waals surface area contributed by atoms with Gasteiger partial charge in [0.25, 0.3) is 5.91 Å². The van der Waals surface area contributed by atoms with Crippen molar-refractivity contribution >= 4 is 29.2 Å². The number of halogens is 1. The van der Waals surface area contributed by atoms with Crippen molar-refractivity contribution in [3.63, 3.8) is 0 Å². The Labute approximate surface area is 146 Å². The molecule has 0 bridgehead atoms. The summed E-state index contributed by atoms with van der Waals surface area (Å²) < 4.78 is 5.08. The van der Waals surface area contributed by atoms with Gasteiger partial charge < -0.3 is 15.4 Å². The zero-order valence-corrected chi connectivity index (χ0v) is 14.1. The summed E-state index contributed by atoms with van der Waals surface area (Å²) in [5.74, 6) is -0.907. The Hall–Kier alpha value is -2.53. The molecule has 0 atom stereocenters. The average Bonchev–Trinajstić information content (AvgIpc) is 2.58. The van der Waals surface area contributed by atoms with Crippen LogP contribution in [0.5, 0.6) is 0 Å². The van der Waals surface area contributed by atoms with Gasteiger partial charge in [0.2, 0.25) is 0 Å². The standard InChI is InChI=1S/C18H19ClN2O3/c1-2-21(11-13-6-4-3-5-7-13)17(22)12-24-18(23)15-9-8-14(19)10-16(15)20/h3-10H,2,11-12,20H2,1H3. The third kappa shape index (κ3) is 4.73. The average molecular weight is 347 g/mol. The number of carbonyl (C=O) groups excluding carboxylic acids is 2. The van der Waals surface area contributed by atoms with Crippen LogP contribution in [0.3, 0.4) is 0 Å². The van der Waals surface area contributed by atoms with E-state index in [4.69, 9.17) is 22.1 Å². The van der Waals surface area contributed by atoms with Crippen molar-refractivity contribution < 1.29 is 14.3 Å². The van der Waals surface area contributed by atoms with Crippen LogP contribution >= 0.6 is 11.6 Å². The number of amides is 1. The van der Waals surface area contributed by atoms with E-state index in [0.29, 0.717) is 18.1 Å². The Morgan fingerprint density at radius 3 is 2.50 bits per heavy atom. The smallest absolute Gasteiger partial charge is 0.340 e. The van der Waals surface area contributed by atoms with Gasteiger partial charge in [0, 0.05) is 23.8 Å². The van der Waals surface area contributed by atoms with Gasteiger partial charge in [-0.2, -0.15) is 0 Å². The minimum atomic E-state index is -0.645. The van der Waals surface area contributed by atoms with E-state index >= 15 is 0 Å². The molecule has 0 aliphatic heterocycles. The van der Waals surface area contributed by atoms with Crippen molar-refractivity contribution in [3.8, 4) is 0 Å². The number of nitrogen functional groups attached to an aromatic ring is 1. The van der Waals surface area contributed by atoms with Gasteiger partial charge in [-0.25, -0.2) is 4.79 Å². The minimum absolute atomic E-state index is 0.193. The van der Waals surface area contributed by atoms with E-state index in [0.717, 1.165) is 5.56 Å². The van der Waals surface area contributed by atoms with Crippen molar-refractivity contribution in [2.75, 3.05) is 18.9 Å². The molecule has 2 aromatic carbocycles. The summed E-state index contributed by atoms with van der Waals surface area (Å²) in [7, 11) is 0. The fourth-order valence-corrected chi connectivity index (χ4v) is 2.38. The molecule has 0 saturated heterocycles. The third-order valence-electron chi connectivity index (χ3n) is 3.51. The lowest BCUT2D eigenvalue weighted by atomic mass is 10.2. The molecule has 6 heteroatoms. The predicted octanol–water partition coefficient (Wildman–Crippen LogP) is 3.13. The summed E-state index contributed by atoms with van der Waals surface area (Å²) >= 11 is 5.79. The lowest BCUT2D eigenvalue weighted by Crippen LogP contribution is -2.34. The molecule has 2 aromatic rings. The van der Waals surface area contributed by atoms with Gasteiger partial charge in [0.1, 0.15) is 0 Å². The first kappa shape index (κ1) is 17.8. The zero-order valence-electron chi connectivity index (χ0n) is 13.4. The minimum Gasteiger partial charge on any atom is -0.452 e. The number of benzene rings is 2. The molecule has 24 heavy (non-hydrogen) atoms. The Kier molecular flexibility index (Phi) is 6.21. The summed E-state index contributed by atoms with van der Waals surface area (Å²) in [5.41, 5.74) is 7.16. The molecule has 1 amide bonds. The van der Waals surface area contributed by atoms with Crippen LogP contribution in [0.15, 0.2) is 48.5 Å². The number of anilines is 1. The Bertz CT molecular complexity index is 719. The Balaban J connectivity index is 1.94. The normalized spacial score (nSPS) is 10.2. The highest BCUT2D eigenvalue weighted by Crippen LogP contribution is 2.18. The van der Waals surface area contributed by atoms with Crippen LogP contribution in [0, 0.1) is 0 Å². The van der Waals surface area contributed by atoms with Crippen LogP contribution in [0.4, 0.5) is 5.69 Å². The molecule has 0 aliphatic carbocycles. The van der Waals surface area contributed by atoms with Crippen LogP contribution in [0.2, 0.25) is 5.02 Å². The zero-order chi connectivity index (χ0) is 17.5. The van der Waals surface area contributed by atoms with Crippen molar-refractivity contribution in [3.05, 3.63) is 64.7 Å².